The van der Waals surface area contributed by atoms with E-state index in [1.54, 1.807) is 12.1 Å². The Balaban J connectivity index is 1.78. The number of carbonyl (C=O) groups is 3. The molecule has 1 aliphatic rings. The predicted molar refractivity (Wildman–Crippen MR) is 122 cm³/mol. The summed E-state index contributed by atoms with van der Waals surface area (Å²) in [5.74, 6) is -1.88. The Hall–Kier alpha value is -3.44. The monoisotopic (exact) mass is 490 g/mol. The summed E-state index contributed by atoms with van der Waals surface area (Å²) in [7, 11) is 0.0982. The topological polar surface area (TPSA) is 128 Å². The second kappa shape index (κ2) is 10.7. The van der Waals surface area contributed by atoms with Gasteiger partial charge >= 0.3 is 11.9 Å². The van der Waals surface area contributed by atoms with Gasteiger partial charge < -0.3 is 19.5 Å². The van der Waals surface area contributed by atoms with E-state index in [0.29, 0.717) is 25.1 Å². The molecule has 0 spiro atoms. The van der Waals surface area contributed by atoms with Crippen LogP contribution in [0.25, 0.3) is 0 Å². The fraction of sp³-hybridized carbons (Fsp3) is 0.348. The third-order valence-electron chi connectivity index (χ3n) is 5.49. The Kier molecular flexibility index (Phi) is 7.90. The molecule has 0 radical (unpaired) electrons. The lowest BCUT2D eigenvalue weighted by molar-refractivity contribution is -0.120. The highest BCUT2D eigenvalue weighted by Crippen LogP contribution is 2.26. The summed E-state index contributed by atoms with van der Waals surface area (Å²) in [5.41, 5.74) is 0.324. The second-order valence-electron chi connectivity index (χ2n) is 7.65. The minimum atomic E-state index is -3.79. The summed E-state index contributed by atoms with van der Waals surface area (Å²) in [5, 5.41) is 2.68. The van der Waals surface area contributed by atoms with Crippen LogP contribution >= 0.6 is 0 Å². The average Bonchev–Trinajstić information content (AvgIpc) is 2.87. The van der Waals surface area contributed by atoms with E-state index in [4.69, 9.17) is 14.2 Å². The number of amides is 1. The van der Waals surface area contributed by atoms with Crippen LogP contribution in [0, 0.1) is 5.92 Å². The van der Waals surface area contributed by atoms with Crippen LogP contribution in [0.5, 0.6) is 5.75 Å². The highest BCUT2D eigenvalue weighted by atomic mass is 32.2. The van der Waals surface area contributed by atoms with Gasteiger partial charge in [-0.3, -0.25) is 4.79 Å². The quantitative estimate of drug-likeness (QED) is 0.586. The van der Waals surface area contributed by atoms with E-state index in [0.717, 1.165) is 0 Å². The first-order chi connectivity index (χ1) is 16.2. The molecule has 1 aliphatic heterocycles. The van der Waals surface area contributed by atoms with Crippen molar-refractivity contribution in [3.63, 3.8) is 0 Å². The molecule has 2 aromatic carbocycles. The second-order valence-corrected chi connectivity index (χ2v) is 9.59. The van der Waals surface area contributed by atoms with E-state index in [9.17, 15) is 22.8 Å². The van der Waals surface area contributed by atoms with Crippen molar-refractivity contribution in [1.82, 2.24) is 4.31 Å². The highest BCUT2D eigenvalue weighted by Gasteiger charge is 2.33. The number of sulfonamides is 1. The summed E-state index contributed by atoms with van der Waals surface area (Å²) < 4.78 is 41.9. The molecular formula is C23H26N2O8S. The lowest BCUT2D eigenvalue weighted by Gasteiger charge is -2.31. The van der Waals surface area contributed by atoms with Crippen LogP contribution in [0.4, 0.5) is 5.69 Å². The van der Waals surface area contributed by atoms with Gasteiger partial charge in [0.2, 0.25) is 15.9 Å². The molecule has 1 amide bonds. The van der Waals surface area contributed by atoms with Crippen LogP contribution in [0.2, 0.25) is 0 Å². The van der Waals surface area contributed by atoms with Crippen LogP contribution in [-0.4, -0.2) is 65.0 Å². The smallest absolute Gasteiger partial charge is 0.337 e. The number of anilines is 1. The fourth-order valence-electron chi connectivity index (χ4n) is 3.69. The zero-order chi connectivity index (χ0) is 24.9. The number of rotatable bonds is 7. The van der Waals surface area contributed by atoms with Gasteiger partial charge in [-0.1, -0.05) is 0 Å². The fourth-order valence-corrected chi connectivity index (χ4v) is 5.21. The summed E-state index contributed by atoms with van der Waals surface area (Å²) in [6.45, 7) is 0.295. The maximum Gasteiger partial charge on any atom is 0.337 e. The standard InChI is InChI=1S/C23H26N2O8S/c1-31-19-6-8-20(9-7-19)34(29,30)25-10-4-5-15(14-25)21(26)24-18-12-16(22(27)32-2)11-17(13-18)23(28)33-3/h6-9,11-13,15H,4-5,10,14H2,1-3H3,(H,24,26)/t15-/m1/s1. The van der Waals surface area contributed by atoms with Crippen LogP contribution in [0.15, 0.2) is 47.4 Å². The number of methoxy groups -OCH3 is 3. The summed E-state index contributed by atoms with van der Waals surface area (Å²) in [6, 6.07) is 10.1. The molecule has 0 saturated carbocycles. The van der Waals surface area contributed by atoms with Gasteiger partial charge in [-0.2, -0.15) is 4.31 Å². The Morgan fingerprint density at radius 2 is 1.53 bits per heavy atom. The number of nitrogens with one attached hydrogen (secondary N) is 1. The van der Waals surface area contributed by atoms with E-state index in [1.807, 2.05) is 0 Å². The lowest BCUT2D eigenvalue weighted by atomic mass is 9.98. The molecule has 1 heterocycles. The zero-order valence-electron chi connectivity index (χ0n) is 19.1. The first-order valence-electron chi connectivity index (χ1n) is 10.5. The third-order valence-corrected chi connectivity index (χ3v) is 7.37. The van der Waals surface area contributed by atoms with Crippen molar-refractivity contribution in [2.75, 3.05) is 39.7 Å². The number of ether oxygens (including phenoxy) is 3. The Labute approximate surface area is 197 Å². The number of carbonyl (C=O) groups excluding carboxylic acids is 3. The maximum absolute atomic E-state index is 13.1. The Morgan fingerprint density at radius 3 is 2.06 bits per heavy atom. The lowest BCUT2D eigenvalue weighted by Crippen LogP contribution is -2.43. The number of hydrogen-bond donors (Lipinski definition) is 1. The molecule has 11 heteroatoms. The van der Waals surface area contributed by atoms with Gasteiger partial charge in [0, 0.05) is 18.8 Å². The van der Waals surface area contributed by atoms with Gasteiger partial charge in [-0.25, -0.2) is 18.0 Å². The normalized spacial score (nSPS) is 16.4. The highest BCUT2D eigenvalue weighted by molar-refractivity contribution is 7.89. The number of benzene rings is 2. The molecule has 34 heavy (non-hydrogen) atoms. The van der Waals surface area contributed by atoms with Crippen LogP contribution in [-0.2, 0) is 24.3 Å². The molecule has 0 aliphatic carbocycles. The summed E-state index contributed by atoms with van der Waals surface area (Å²) in [6.07, 6.45) is 0.990. The molecule has 0 aromatic heterocycles. The van der Waals surface area contributed by atoms with Crippen molar-refractivity contribution in [2.45, 2.75) is 17.7 Å². The molecular weight excluding hydrogens is 464 g/mol. The largest absolute Gasteiger partial charge is 0.497 e. The number of hydrogen-bond acceptors (Lipinski definition) is 8. The maximum atomic E-state index is 13.1. The van der Waals surface area contributed by atoms with E-state index in [-0.39, 0.29) is 28.3 Å². The van der Waals surface area contributed by atoms with Gasteiger partial charge in [-0.05, 0) is 55.3 Å². The Bertz CT molecular complexity index is 1140. The predicted octanol–water partition coefficient (Wildman–Crippen LogP) is 2.31. The minimum Gasteiger partial charge on any atom is -0.497 e. The van der Waals surface area contributed by atoms with Crippen molar-refractivity contribution in [2.24, 2.45) is 5.92 Å². The van der Waals surface area contributed by atoms with Crippen LogP contribution in [0.3, 0.4) is 0 Å². The van der Waals surface area contributed by atoms with Crippen molar-refractivity contribution in [3.8, 4) is 5.75 Å². The molecule has 1 fully saturated rings. The van der Waals surface area contributed by atoms with Crippen molar-refractivity contribution < 1.29 is 37.0 Å². The van der Waals surface area contributed by atoms with Gasteiger partial charge in [0.05, 0.1) is 43.3 Å². The summed E-state index contributed by atoms with van der Waals surface area (Å²) in [4.78, 5) is 37.0. The third kappa shape index (κ3) is 5.54. The number of piperidine rings is 1. The molecule has 0 bridgehead atoms. The van der Waals surface area contributed by atoms with Gasteiger partial charge in [0.1, 0.15) is 5.75 Å². The average molecular weight is 491 g/mol. The molecule has 1 atom stereocenters. The number of esters is 2. The zero-order valence-corrected chi connectivity index (χ0v) is 19.9. The van der Waals surface area contributed by atoms with Crippen molar-refractivity contribution in [3.05, 3.63) is 53.6 Å². The molecule has 0 unspecified atom stereocenters. The van der Waals surface area contributed by atoms with E-state index < -0.39 is 33.8 Å². The van der Waals surface area contributed by atoms with E-state index in [1.165, 1.54) is 56.0 Å². The first kappa shape index (κ1) is 25.2. The van der Waals surface area contributed by atoms with E-state index >= 15 is 0 Å². The molecule has 10 nitrogen and oxygen atoms in total. The molecule has 2 aromatic rings. The van der Waals surface area contributed by atoms with Crippen LogP contribution < -0.4 is 10.1 Å². The molecule has 3 rings (SSSR count). The number of nitrogens with zero attached hydrogens (tertiary/aromatic N) is 1. The first-order valence-corrected chi connectivity index (χ1v) is 11.9. The summed E-state index contributed by atoms with van der Waals surface area (Å²) >= 11 is 0. The Morgan fingerprint density at radius 1 is 0.941 bits per heavy atom. The van der Waals surface area contributed by atoms with E-state index in [2.05, 4.69) is 5.32 Å². The van der Waals surface area contributed by atoms with Crippen molar-refractivity contribution >= 4 is 33.6 Å². The van der Waals surface area contributed by atoms with Crippen molar-refractivity contribution in [1.29, 1.82) is 0 Å². The van der Waals surface area contributed by atoms with Gasteiger partial charge in [-0.15, -0.1) is 0 Å². The van der Waals surface area contributed by atoms with Gasteiger partial charge in [0.25, 0.3) is 0 Å². The molecule has 1 saturated heterocycles. The minimum absolute atomic E-state index is 0.000741. The molecule has 182 valence electrons. The van der Waals surface area contributed by atoms with Gasteiger partial charge in [0.15, 0.2) is 0 Å². The molecule has 1 N–H and O–H groups in total. The SMILES string of the molecule is COC(=O)c1cc(NC(=O)[C@@H]2CCCN(S(=O)(=O)c3ccc(OC)cc3)C2)cc(C(=O)OC)c1. The van der Waals surface area contributed by atoms with Crippen LogP contribution in [0.1, 0.15) is 33.6 Å².